The van der Waals surface area contributed by atoms with Gasteiger partial charge in [-0.2, -0.15) is 0 Å². The number of aromatic nitrogens is 2. The van der Waals surface area contributed by atoms with Crippen LogP contribution in [-0.4, -0.2) is 15.7 Å². The van der Waals surface area contributed by atoms with Crippen LogP contribution in [0.3, 0.4) is 0 Å². The van der Waals surface area contributed by atoms with Gasteiger partial charge in [0.05, 0.1) is 5.69 Å². The number of imidazole rings is 1. The zero-order valence-electron chi connectivity index (χ0n) is 9.75. The number of ether oxygens (including phenoxy) is 1. The second kappa shape index (κ2) is 5.07. The summed E-state index contributed by atoms with van der Waals surface area (Å²) in [7, 11) is 0. The summed E-state index contributed by atoms with van der Waals surface area (Å²) in [5.41, 5.74) is 1.16. The Morgan fingerprint density at radius 2 is 1.94 bits per heavy atom. The highest BCUT2D eigenvalue weighted by Gasteiger charge is 2.31. The first kappa shape index (κ1) is 13.3. The molecule has 6 heteroatoms. The minimum absolute atomic E-state index is 0.263. The van der Waals surface area contributed by atoms with Crippen molar-refractivity contribution in [2.24, 2.45) is 0 Å². The highest BCUT2D eigenvalue weighted by molar-refractivity contribution is 5.45. The number of hydrogen-bond donors (Lipinski definition) is 0. The third-order valence-electron chi connectivity index (χ3n) is 1.79. The smallest absolute Gasteiger partial charge is 0.406 e. The molecule has 0 aliphatic carbocycles. The zero-order valence-corrected chi connectivity index (χ0v) is 9.75. The van der Waals surface area contributed by atoms with E-state index in [1.807, 2.05) is 13.8 Å². The largest absolute Gasteiger partial charge is 0.573 e. The predicted molar refractivity (Wildman–Crippen MR) is 58.0 cm³/mol. The van der Waals surface area contributed by atoms with Gasteiger partial charge in [0.15, 0.2) is 0 Å². The summed E-state index contributed by atoms with van der Waals surface area (Å²) in [6.45, 7) is 5.76. The molecule has 2 aromatic heterocycles. The van der Waals surface area contributed by atoms with Gasteiger partial charge in [0, 0.05) is 18.5 Å². The van der Waals surface area contributed by atoms with Crippen LogP contribution in [0.15, 0.2) is 24.5 Å². The van der Waals surface area contributed by atoms with E-state index in [1.165, 1.54) is 18.3 Å². The molecule has 0 aliphatic heterocycles. The van der Waals surface area contributed by atoms with Gasteiger partial charge in [-0.3, -0.25) is 0 Å². The third kappa shape index (κ3) is 3.65. The lowest BCUT2D eigenvalue weighted by molar-refractivity contribution is -0.274. The van der Waals surface area contributed by atoms with E-state index in [2.05, 4.69) is 9.72 Å². The van der Waals surface area contributed by atoms with E-state index >= 15 is 0 Å². The quantitative estimate of drug-likeness (QED) is 0.769. The van der Waals surface area contributed by atoms with Crippen molar-refractivity contribution in [3.63, 3.8) is 0 Å². The van der Waals surface area contributed by atoms with Gasteiger partial charge in [0.1, 0.15) is 11.4 Å². The molecular weight excluding hydrogens is 233 g/mol. The van der Waals surface area contributed by atoms with Crippen molar-refractivity contribution in [2.75, 3.05) is 0 Å². The van der Waals surface area contributed by atoms with Gasteiger partial charge in [0.25, 0.3) is 0 Å². The maximum absolute atomic E-state index is 11.9. The Hall–Kier alpha value is -1.72. The van der Waals surface area contributed by atoms with Crippen molar-refractivity contribution in [2.45, 2.75) is 27.1 Å². The number of aryl methyl sites for hydroxylation is 1. The molecule has 94 valence electrons. The van der Waals surface area contributed by atoms with E-state index in [4.69, 9.17) is 0 Å². The minimum Gasteiger partial charge on any atom is -0.406 e. The molecule has 0 atom stereocenters. The molecule has 0 radical (unpaired) electrons. The summed E-state index contributed by atoms with van der Waals surface area (Å²) >= 11 is 0. The number of nitrogens with zero attached hydrogens (tertiary/aromatic N) is 2. The van der Waals surface area contributed by atoms with Crippen LogP contribution in [0.1, 0.15) is 19.5 Å². The van der Waals surface area contributed by atoms with Crippen molar-refractivity contribution in [1.29, 1.82) is 0 Å². The first-order valence-electron chi connectivity index (χ1n) is 5.15. The molecule has 0 spiro atoms. The van der Waals surface area contributed by atoms with Crippen LogP contribution in [0.2, 0.25) is 0 Å². The molecular formula is C11H13F3N2O. The minimum atomic E-state index is -4.67. The fourth-order valence-corrected chi connectivity index (χ4v) is 1.29. The molecule has 0 saturated heterocycles. The molecule has 17 heavy (non-hydrogen) atoms. The van der Waals surface area contributed by atoms with E-state index in [1.54, 1.807) is 17.5 Å². The third-order valence-corrected chi connectivity index (χ3v) is 1.79. The number of rotatable bonds is 1. The summed E-state index contributed by atoms with van der Waals surface area (Å²) < 4.78 is 41.1. The van der Waals surface area contributed by atoms with E-state index in [0.29, 0.717) is 5.65 Å². The highest BCUT2D eigenvalue weighted by atomic mass is 19.4. The first-order chi connectivity index (χ1) is 7.94. The zero-order chi connectivity index (χ0) is 13.1. The van der Waals surface area contributed by atoms with E-state index < -0.39 is 6.36 Å². The van der Waals surface area contributed by atoms with Crippen molar-refractivity contribution >= 4 is 5.65 Å². The fourth-order valence-electron chi connectivity index (χ4n) is 1.29. The molecule has 0 amide bonds. The lowest BCUT2D eigenvalue weighted by Crippen LogP contribution is -2.17. The molecule has 0 aromatic carbocycles. The van der Waals surface area contributed by atoms with Crippen LogP contribution in [-0.2, 0) is 0 Å². The lowest BCUT2D eigenvalue weighted by atomic mass is 10.4. The molecule has 2 heterocycles. The molecule has 2 rings (SSSR count). The standard InChI is InChI=1S/C9H7F3N2O.C2H6/c1-6-5-14-3-2-7(4-8(14)13-6)15-9(10,11)12;1-2/h2-5H,1H3;1-2H3. The average molecular weight is 246 g/mol. The Labute approximate surface area is 96.8 Å². The van der Waals surface area contributed by atoms with Gasteiger partial charge in [-0.15, -0.1) is 13.2 Å². The summed E-state index contributed by atoms with van der Waals surface area (Å²) in [6.07, 6.45) is -1.48. The maximum atomic E-state index is 11.9. The van der Waals surface area contributed by atoms with Gasteiger partial charge >= 0.3 is 6.36 Å². The van der Waals surface area contributed by atoms with Crippen LogP contribution >= 0.6 is 0 Å². The molecule has 0 fully saturated rings. The Bertz CT molecular complexity index is 491. The lowest BCUT2D eigenvalue weighted by Gasteiger charge is -2.08. The molecule has 3 nitrogen and oxygen atoms in total. The molecule has 0 aliphatic rings. The van der Waals surface area contributed by atoms with Crippen LogP contribution < -0.4 is 4.74 Å². The van der Waals surface area contributed by atoms with Gasteiger partial charge in [0.2, 0.25) is 0 Å². The second-order valence-electron chi connectivity index (χ2n) is 3.06. The van der Waals surface area contributed by atoms with Crippen molar-refractivity contribution in [1.82, 2.24) is 9.38 Å². The van der Waals surface area contributed by atoms with Crippen molar-refractivity contribution in [3.05, 3.63) is 30.2 Å². The molecule has 2 aromatic rings. The van der Waals surface area contributed by atoms with E-state index in [0.717, 1.165) is 5.69 Å². The van der Waals surface area contributed by atoms with Crippen LogP contribution in [0.25, 0.3) is 5.65 Å². The summed E-state index contributed by atoms with van der Waals surface area (Å²) in [6, 6.07) is 2.47. The number of alkyl halides is 3. The summed E-state index contributed by atoms with van der Waals surface area (Å²) in [5.74, 6) is -0.263. The summed E-state index contributed by atoms with van der Waals surface area (Å²) in [5, 5.41) is 0. The van der Waals surface area contributed by atoms with Gasteiger partial charge < -0.3 is 9.14 Å². The monoisotopic (exact) mass is 246 g/mol. The fraction of sp³-hybridized carbons (Fsp3) is 0.364. The number of halogens is 3. The first-order valence-corrected chi connectivity index (χ1v) is 5.15. The Morgan fingerprint density at radius 3 is 2.53 bits per heavy atom. The number of hydrogen-bond acceptors (Lipinski definition) is 2. The molecule has 0 saturated carbocycles. The van der Waals surface area contributed by atoms with Gasteiger partial charge in [-0.05, 0) is 13.0 Å². The van der Waals surface area contributed by atoms with Gasteiger partial charge in [-0.1, -0.05) is 13.8 Å². The average Bonchev–Trinajstić information content (AvgIpc) is 2.58. The van der Waals surface area contributed by atoms with Crippen LogP contribution in [0.4, 0.5) is 13.2 Å². The Kier molecular flexibility index (Phi) is 3.98. The van der Waals surface area contributed by atoms with Crippen LogP contribution in [0.5, 0.6) is 5.75 Å². The Morgan fingerprint density at radius 1 is 1.29 bits per heavy atom. The molecule has 0 unspecified atom stereocenters. The number of fused-ring (bicyclic) bond motifs is 1. The van der Waals surface area contributed by atoms with E-state index in [9.17, 15) is 13.2 Å². The second-order valence-corrected chi connectivity index (χ2v) is 3.06. The normalized spacial score (nSPS) is 10.9. The van der Waals surface area contributed by atoms with Crippen LogP contribution in [0, 0.1) is 6.92 Å². The SMILES string of the molecule is CC.Cc1cn2ccc(OC(F)(F)F)cc2n1. The number of pyridine rings is 1. The summed E-state index contributed by atoms with van der Waals surface area (Å²) in [4.78, 5) is 4.02. The van der Waals surface area contributed by atoms with Gasteiger partial charge in [-0.25, -0.2) is 4.98 Å². The topological polar surface area (TPSA) is 26.5 Å². The molecule has 0 N–H and O–H groups in total. The molecule has 0 bridgehead atoms. The maximum Gasteiger partial charge on any atom is 0.573 e. The predicted octanol–water partition coefficient (Wildman–Crippen LogP) is 3.57. The van der Waals surface area contributed by atoms with E-state index in [-0.39, 0.29) is 5.75 Å². The van der Waals surface area contributed by atoms with Crippen molar-refractivity contribution < 1.29 is 17.9 Å². The Balaban J connectivity index is 0.000000686. The van der Waals surface area contributed by atoms with Crippen molar-refractivity contribution in [3.8, 4) is 5.75 Å². The highest BCUT2D eigenvalue weighted by Crippen LogP contribution is 2.23.